The van der Waals surface area contributed by atoms with Crippen LogP contribution in [-0.2, 0) is 31.7 Å². The van der Waals surface area contributed by atoms with Gasteiger partial charge in [0.25, 0.3) is 0 Å². The van der Waals surface area contributed by atoms with Crippen LogP contribution in [0.15, 0.2) is 90.0 Å². The molecule has 5 rings (SSSR count). The van der Waals surface area contributed by atoms with Crippen molar-refractivity contribution in [2.24, 2.45) is 0 Å². The molecule has 4 N–H and O–H groups in total. The molecule has 5 aromatic rings. The average Bonchev–Trinajstić information content (AvgIpc) is 3.04. The molecule has 0 saturated carbocycles. The molecule has 1 aromatic heterocycles. The topological polar surface area (TPSA) is 190 Å². The first-order chi connectivity index (χ1) is 24.3. The second-order valence-electron chi connectivity index (χ2n) is 13.1. The predicted molar refractivity (Wildman–Crippen MR) is 200 cm³/mol. The van der Waals surface area contributed by atoms with Gasteiger partial charge in [-0.2, -0.15) is 0 Å². The smallest absolute Gasteiger partial charge is 0.337 e. The van der Waals surface area contributed by atoms with Gasteiger partial charge in [0.2, 0.25) is 10.0 Å². The molecular formula is C37H38N4O9S2. The van der Waals surface area contributed by atoms with Gasteiger partial charge in [0, 0.05) is 41.4 Å². The lowest BCUT2D eigenvalue weighted by Crippen LogP contribution is -2.22. The molecule has 52 heavy (non-hydrogen) atoms. The molecule has 2 amide bonds. The van der Waals surface area contributed by atoms with Crippen molar-refractivity contribution < 1.29 is 41.0 Å². The number of sulfone groups is 1. The van der Waals surface area contributed by atoms with E-state index in [1.807, 2.05) is 45.0 Å². The molecule has 13 nitrogen and oxygen atoms in total. The molecule has 1 heterocycles. The summed E-state index contributed by atoms with van der Waals surface area (Å²) in [5.41, 5.74) is 2.11. The maximum absolute atomic E-state index is 13.4. The Morgan fingerprint density at radius 2 is 1.50 bits per heavy atom. The normalized spacial score (nSPS) is 11.9. The molecule has 0 atom stereocenters. The standard InChI is InChI=1S/C37H38N4O9S2/c1-37(2,3)23-19-30(34(49-4)31(20-23)41-52(6,47)48)40-36(44)39-29-13-14-32(27-10-8-7-9-26(27)29)50-25-15-16-38-24(21-25)17-22-11-12-28(35(42)43)33(18-22)51(5,45)46/h7-16,18-21,41H,17H2,1-6H3,(H,42,43)(H2,39,40,44). The number of nitrogens with one attached hydrogen (secondary N) is 3. The number of rotatable bonds is 11. The number of amides is 2. The Balaban J connectivity index is 1.40. The lowest BCUT2D eigenvalue weighted by atomic mass is 9.86. The van der Waals surface area contributed by atoms with Gasteiger partial charge in [-0.15, -0.1) is 0 Å². The van der Waals surface area contributed by atoms with Crippen molar-refractivity contribution in [3.63, 3.8) is 0 Å². The molecule has 0 aliphatic heterocycles. The van der Waals surface area contributed by atoms with Crippen molar-refractivity contribution in [2.75, 3.05) is 35.0 Å². The molecule has 15 heteroatoms. The van der Waals surface area contributed by atoms with Crippen LogP contribution in [0.25, 0.3) is 10.8 Å². The summed E-state index contributed by atoms with van der Waals surface area (Å²) in [4.78, 5) is 29.1. The number of sulfonamides is 1. The van der Waals surface area contributed by atoms with Crippen LogP contribution in [0.2, 0.25) is 0 Å². The highest BCUT2D eigenvalue weighted by molar-refractivity contribution is 7.92. The predicted octanol–water partition coefficient (Wildman–Crippen LogP) is 7.04. The third kappa shape index (κ3) is 8.97. The number of hydrogen-bond acceptors (Lipinski definition) is 9. The molecule has 272 valence electrons. The van der Waals surface area contributed by atoms with Crippen LogP contribution in [0.3, 0.4) is 0 Å². The van der Waals surface area contributed by atoms with E-state index in [4.69, 9.17) is 9.47 Å². The molecule has 0 spiro atoms. The highest BCUT2D eigenvalue weighted by Gasteiger charge is 2.23. The highest BCUT2D eigenvalue weighted by atomic mass is 32.2. The molecule has 0 radical (unpaired) electrons. The van der Waals surface area contributed by atoms with E-state index >= 15 is 0 Å². The molecular weight excluding hydrogens is 709 g/mol. The second-order valence-corrected chi connectivity index (χ2v) is 16.9. The number of fused-ring (bicyclic) bond motifs is 1. The van der Waals surface area contributed by atoms with Crippen molar-refractivity contribution in [1.82, 2.24) is 4.98 Å². The molecule has 0 aliphatic carbocycles. The zero-order valence-corrected chi connectivity index (χ0v) is 30.9. The number of pyridine rings is 1. The number of aromatic carboxylic acids is 1. The Bertz CT molecular complexity index is 2420. The minimum Gasteiger partial charge on any atom is -0.492 e. The van der Waals surface area contributed by atoms with E-state index in [9.17, 15) is 31.5 Å². The van der Waals surface area contributed by atoms with Gasteiger partial charge in [-0.25, -0.2) is 26.4 Å². The number of methoxy groups -OCH3 is 1. The molecule has 0 aliphatic rings. The first kappa shape index (κ1) is 37.6. The van der Waals surface area contributed by atoms with E-state index in [1.165, 1.54) is 19.2 Å². The van der Waals surface area contributed by atoms with Gasteiger partial charge in [-0.05, 0) is 59.0 Å². The van der Waals surface area contributed by atoms with Crippen LogP contribution in [0, 0.1) is 0 Å². The van der Waals surface area contributed by atoms with Crippen LogP contribution < -0.4 is 24.8 Å². The number of aromatic nitrogens is 1. The van der Waals surface area contributed by atoms with Crippen molar-refractivity contribution in [1.29, 1.82) is 0 Å². The SMILES string of the molecule is COc1c(NC(=O)Nc2ccc(Oc3ccnc(Cc4ccc(C(=O)O)c(S(C)(=O)=O)c4)c3)c3ccccc23)cc(C(C)(C)C)cc1NS(C)(=O)=O. The minimum atomic E-state index is -3.79. The number of carbonyl (C=O) groups is 2. The summed E-state index contributed by atoms with van der Waals surface area (Å²) in [6, 6.07) is 21.0. The van der Waals surface area contributed by atoms with Gasteiger partial charge in [-0.1, -0.05) is 51.1 Å². The Morgan fingerprint density at radius 1 is 0.827 bits per heavy atom. The zero-order valence-electron chi connectivity index (χ0n) is 29.3. The Labute approximate surface area is 302 Å². The van der Waals surface area contributed by atoms with Crippen molar-refractivity contribution in [2.45, 2.75) is 37.5 Å². The van der Waals surface area contributed by atoms with Crippen molar-refractivity contribution in [3.05, 3.63) is 107 Å². The third-order valence-corrected chi connectivity index (χ3v) is 9.64. The number of anilines is 3. The highest BCUT2D eigenvalue weighted by Crippen LogP contribution is 2.40. The summed E-state index contributed by atoms with van der Waals surface area (Å²) < 4.78 is 63.0. The minimum absolute atomic E-state index is 0.145. The van der Waals surface area contributed by atoms with E-state index in [0.717, 1.165) is 18.1 Å². The van der Waals surface area contributed by atoms with Crippen LogP contribution >= 0.6 is 0 Å². The van der Waals surface area contributed by atoms with E-state index in [-0.39, 0.29) is 39.4 Å². The number of carboxylic acids is 1. The number of ether oxygens (including phenoxy) is 2. The van der Waals surface area contributed by atoms with E-state index in [1.54, 1.807) is 48.7 Å². The quantitative estimate of drug-likeness (QED) is 0.109. The number of benzene rings is 4. The first-order valence-electron chi connectivity index (χ1n) is 15.8. The fourth-order valence-corrected chi connectivity index (χ4v) is 6.98. The van der Waals surface area contributed by atoms with E-state index in [2.05, 4.69) is 20.3 Å². The van der Waals surface area contributed by atoms with Crippen LogP contribution in [0.4, 0.5) is 21.9 Å². The number of carboxylic acid groups (broad SMARTS) is 1. The van der Waals surface area contributed by atoms with E-state index < -0.39 is 31.9 Å². The Kier molecular flexibility index (Phi) is 10.5. The number of hydrogen-bond donors (Lipinski definition) is 4. The van der Waals surface area contributed by atoms with Gasteiger partial charge < -0.3 is 25.2 Å². The number of carbonyl (C=O) groups excluding carboxylic acids is 1. The van der Waals surface area contributed by atoms with E-state index in [0.29, 0.717) is 39.2 Å². The summed E-state index contributed by atoms with van der Waals surface area (Å²) in [6.07, 6.45) is 3.76. The lowest BCUT2D eigenvalue weighted by molar-refractivity contribution is 0.0692. The number of nitrogens with zero attached hydrogens (tertiary/aromatic N) is 1. The summed E-state index contributed by atoms with van der Waals surface area (Å²) in [6.45, 7) is 5.89. The maximum Gasteiger partial charge on any atom is 0.337 e. The van der Waals surface area contributed by atoms with Gasteiger partial charge in [0.1, 0.15) is 11.5 Å². The fourth-order valence-electron chi connectivity index (χ4n) is 5.51. The molecule has 0 saturated heterocycles. The van der Waals surface area contributed by atoms with Crippen LogP contribution in [0.1, 0.15) is 48.0 Å². The summed E-state index contributed by atoms with van der Waals surface area (Å²) >= 11 is 0. The number of urea groups is 1. The average molecular weight is 747 g/mol. The lowest BCUT2D eigenvalue weighted by Gasteiger charge is -2.24. The second kappa shape index (κ2) is 14.5. The molecule has 0 bridgehead atoms. The Morgan fingerprint density at radius 3 is 2.13 bits per heavy atom. The molecule has 4 aromatic carbocycles. The maximum atomic E-state index is 13.4. The summed E-state index contributed by atoms with van der Waals surface area (Å²) in [7, 11) is -6.07. The van der Waals surface area contributed by atoms with Gasteiger partial charge >= 0.3 is 12.0 Å². The van der Waals surface area contributed by atoms with Crippen LogP contribution in [0.5, 0.6) is 17.2 Å². The fraction of sp³-hybridized carbons (Fsp3) is 0.216. The van der Waals surface area contributed by atoms with Crippen molar-refractivity contribution in [3.8, 4) is 17.2 Å². The monoisotopic (exact) mass is 746 g/mol. The largest absolute Gasteiger partial charge is 0.492 e. The van der Waals surface area contributed by atoms with Gasteiger partial charge in [0.15, 0.2) is 15.6 Å². The molecule has 0 unspecified atom stereocenters. The zero-order chi connectivity index (χ0) is 38.0. The summed E-state index contributed by atoms with van der Waals surface area (Å²) in [5.74, 6) is -0.255. The van der Waals surface area contributed by atoms with Gasteiger partial charge in [-0.3, -0.25) is 9.71 Å². The van der Waals surface area contributed by atoms with Gasteiger partial charge in [0.05, 0.1) is 40.9 Å². The van der Waals surface area contributed by atoms with Crippen molar-refractivity contribution >= 4 is 59.7 Å². The van der Waals surface area contributed by atoms with Crippen LogP contribution in [-0.4, -0.2) is 58.5 Å². The third-order valence-electron chi connectivity index (χ3n) is 7.91. The Hall–Kier alpha value is -5.67. The first-order valence-corrected chi connectivity index (χ1v) is 19.6. The summed E-state index contributed by atoms with van der Waals surface area (Å²) in [5, 5.41) is 16.5. The molecule has 0 fully saturated rings.